The minimum absolute atomic E-state index is 0.108. The summed E-state index contributed by atoms with van der Waals surface area (Å²) in [5, 5.41) is 3.62. The number of ether oxygens (including phenoxy) is 8. The van der Waals surface area contributed by atoms with E-state index >= 15 is 0 Å². The Kier molecular flexibility index (Phi) is 8.60. The zero-order chi connectivity index (χ0) is 40.0. The molecule has 14 heteroatoms. The maximum atomic E-state index is 13.7. The summed E-state index contributed by atoms with van der Waals surface area (Å²) in [4.78, 5) is 40.4. The van der Waals surface area contributed by atoms with E-state index in [9.17, 15) is 9.59 Å². The molecule has 10 rings (SSSR count). The third-order valence-electron chi connectivity index (χ3n) is 12.2. The fourth-order valence-corrected chi connectivity index (χ4v) is 9.63. The van der Waals surface area contributed by atoms with Crippen LogP contribution in [0.3, 0.4) is 0 Å². The van der Waals surface area contributed by atoms with Crippen LogP contribution in [-0.4, -0.2) is 84.0 Å². The van der Waals surface area contributed by atoms with Crippen molar-refractivity contribution in [1.29, 1.82) is 0 Å². The number of likely N-dealkylation sites (N-methyl/N-ethyl adjacent to an activating group) is 2. The number of carbonyl (C=O) groups excluding carboxylic acids is 2. The number of aryl methyl sites for hydroxylation is 2. The van der Waals surface area contributed by atoms with Gasteiger partial charge in [-0.15, -0.1) is 0 Å². The summed E-state index contributed by atoms with van der Waals surface area (Å²) in [7, 11) is 9.83. The number of nitrogens with zero attached hydrogens (tertiary/aromatic N) is 2. The molecular weight excluding hydrogens is 748 g/mol. The number of carbonyl (C=O) groups is 2. The highest BCUT2D eigenvalue weighted by Gasteiger charge is 2.68. The second kappa shape index (κ2) is 13.7. The fourth-order valence-electron chi connectivity index (χ4n) is 9.63. The van der Waals surface area contributed by atoms with Crippen LogP contribution >= 0.6 is 0 Å². The summed E-state index contributed by atoms with van der Waals surface area (Å²) in [6.07, 6.45) is 4.98. The van der Waals surface area contributed by atoms with Gasteiger partial charge < -0.3 is 37.9 Å². The van der Waals surface area contributed by atoms with Gasteiger partial charge in [-0.25, -0.2) is 14.4 Å². The van der Waals surface area contributed by atoms with Crippen LogP contribution in [0, 0.1) is 0 Å². The van der Waals surface area contributed by atoms with Crippen molar-refractivity contribution in [1.82, 2.24) is 10.1 Å². The average Bonchev–Trinajstić information content (AvgIpc) is 4.08. The quantitative estimate of drug-likeness (QED) is 0.135. The Labute approximate surface area is 334 Å². The number of hydroxylamine groups is 4. The van der Waals surface area contributed by atoms with Gasteiger partial charge in [0.05, 0.1) is 40.4 Å². The maximum absolute atomic E-state index is 13.7. The second-order valence-corrected chi connectivity index (χ2v) is 15.1. The van der Waals surface area contributed by atoms with Crippen LogP contribution in [0.1, 0.15) is 83.7 Å². The molecule has 1 saturated heterocycles. The first-order valence-electron chi connectivity index (χ1n) is 19.2. The van der Waals surface area contributed by atoms with E-state index in [2.05, 4.69) is 12.1 Å². The van der Waals surface area contributed by atoms with Crippen molar-refractivity contribution in [3.05, 3.63) is 104 Å². The number of esters is 2. The van der Waals surface area contributed by atoms with Crippen LogP contribution in [0.2, 0.25) is 0 Å². The molecule has 4 aromatic rings. The molecule has 0 saturated carbocycles. The van der Waals surface area contributed by atoms with Crippen molar-refractivity contribution < 1.29 is 57.2 Å². The summed E-state index contributed by atoms with van der Waals surface area (Å²) in [6, 6.07) is 15.2. The van der Waals surface area contributed by atoms with Gasteiger partial charge in [-0.2, -0.15) is 10.1 Å². The Morgan fingerprint density at radius 2 is 1.53 bits per heavy atom. The molecule has 58 heavy (non-hydrogen) atoms. The highest BCUT2D eigenvalue weighted by atomic mass is 16.8. The molecule has 14 nitrogen and oxygen atoms in total. The molecule has 0 bridgehead atoms. The largest absolute Gasteiger partial charge is 0.493 e. The topological polar surface area (TPSA) is 133 Å². The molecule has 4 aliphatic heterocycles. The predicted octanol–water partition coefficient (Wildman–Crippen LogP) is 6.12. The van der Waals surface area contributed by atoms with Crippen LogP contribution < -0.4 is 28.4 Å². The summed E-state index contributed by atoms with van der Waals surface area (Å²) in [5.74, 6) is 0.223. The van der Waals surface area contributed by atoms with Crippen molar-refractivity contribution in [3.63, 3.8) is 0 Å². The number of cyclic esters (lactones) is 1. The van der Waals surface area contributed by atoms with E-state index in [1.807, 2.05) is 43.4 Å². The van der Waals surface area contributed by atoms with E-state index in [0.717, 1.165) is 41.5 Å². The molecular formula is C44H42N2O12. The van der Waals surface area contributed by atoms with Gasteiger partial charge in [0, 0.05) is 31.8 Å². The molecule has 2 aliphatic carbocycles. The first-order chi connectivity index (χ1) is 28.2. The lowest BCUT2D eigenvalue weighted by atomic mass is 9.84. The van der Waals surface area contributed by atoms with Gasteiger partial charge in [-0.1, -0.05) is 12.1 Å². The Morgan fingerprint density at radius 3 is 2.26 bits per heavy atom. The van der Waals surface area contributed by atoms with Crippen molar-refractivity contribution in [2.45, 2.75) is 49.5 Å². The minimum Gasteiger partial charge on any atom is -0.493 e. The van der Waals surface area contributed by atoms with E-state index in [1.165, 1.54) is 39.6 Å². The molecule has 0 amide bonds. The van der Waals surface area contributed by atoms with Crippen LogP contribution in [-0.2, 0) is 44.2 Å². The predicted molar refractivity (Wildman–Crippen MR) is 206 cm³/mol. The molecule has 1 spiro atoms. The normalized spacial score (nSPS) is 23.8. The van der Waals surface area contributed by atoms with Gasteiger partial charge in [-0.3, -0.25) is 4.84 Å². The van der Waals surface area contributed by atoms with Gasteiger partial charge >= 0.3 is 11.9 Å². The molecule has 1 unspecified atom stereocenters. The summed E-state index contributed by atoms with van der Waals surface area (Å²) in [6.45, 7) is 0.590. The van der Waals surface area contributed by atoms with Crippen LogP contribution in [0.4, 0.5) is 0 Å². The molecule has 6 aliphatic rings. The molecule has 4 aromatic carbocycles. The second-order valence-electron chi connectivity index (χ2n) is 15.1. The fraction of sp³-hybridized carbons (Fsp3) is 0.364. The minimum atomic E-state index is -1.43. The Bertz CT molecular complexity index is 2450. The zero-order valence-electron chi connectivity index (χ0n) is 33.0. The number of hydrogen-bond donors (Lipinski definition) is 0. The lowest BCUT2D eigenvalue weighted by molar-refractivity contribution is -0.291. The van der Waals surface area contributed by atoms with Crippen molar-refractivity contribution in [2.24, 2.45) is 0 Å². The van der Waals surface area contributed by atoms with Gasteiger partial charge in [0.2, 0.25) is 6.79 Å². The third-order valence-corrected chi connectivity index (χ3v) is 12.2. The molecule has 4 heterocycles. The third kappa shape index (κ3) is 5.32. The Balaban J connectivity index is 0.969. The van der Waals surface area contributed by atoms with Gasteiger partial charge in [0.25, 0.3) is 5.79 Å². The lowest BCUT2D eigenvalue weighted by Crippen LogP contribution is -2.35. The molecule has 0 N–H and O–H groups in total. The summed E-state index contributed by atoms with van der Waals surface area (Å²) < 4.78 is 45.8. The van der Waals surface area contributed by atoms with E-state index in [1.54, 1.807) is 23.3 Å². The number of hydrogen-bond acceptors (Lipinski definition) is 14. The highest BCUT2D eigenvalue weighted by molar-refractivity contribution is 6.08. The lowest BCUT2D eigenvalue weighted by Gasteiger charge is -2.29. The Morgan fingerprint density at radius 1 is 0.845 bits per heavy atom. The SMILES string of the molecule is COc1ccc2c(c1OC)C(=O)O/C2=C\c1cc2c(cc1CCN(C)O[C@H]1c3cc4c(cc3[C@H]3[C@@H]1N(C)OC31OC(=O)c3c1ccc(OC)c3OC)CCC4)OCO2. The van der Waals surface area contributed by atoms with E-state index < -0.39 is 29.7 Å². The molecule has 1 fully saturated rings. The Hall–Kier alpha value is -5.80. The summed E-state index contributed by atoms with van der Waals surface area (Å²) >= 11 is 0. The van der Waals surface area contributed by atoms with E-state index in [4.69, 9.17) is 47.6 Å². The number of methoxy groups -OCH3 is 4. The van der Waals surface area contributed by atoms with Crippen LogP contribution in [0.5, 0.6) is 34.5 Å². The molecule has 4 atom stereocenters. The number of fused-ring (bicyclic) bond motifs is 9. The average molecular weight is 791 g/mol. The van der Waals surface area contributed by atoms with Gasteiger partial charge in [0.15, 0.2) is 34.5 Å². The maximum Gasteiger partial charge on any atom is 0.348 e. The molecule has 0 aromatic heterocycles. The standard InChI is InChI=1S/C44H42N2O12/c1-45(15-14-24-18-33-34(54-21-53-33)20-25(24)19-32-26-10-12-30(49-3)40(51-5)35(26)42(47)55-32)57-39-28-17-23-9-7-8-22(23)16-27(28)37-38(39)46(2)58-44(37)29-11-13-31(50-4)41(52-6)36(29)43(48)56-44/h10-13,16-20,37-39H,7-9,14-15,21H2,1-6H3/b32-19-/t37-,38-,39-,44?/m0/s1. The first kappa shape index (κ1) is 36.5. The van der Waals surface area contributed by atoms with Gasteiger partial charge in [0.1, 0.15) is 23.0 Å². The van der Waals surface area contributed by atoms with Crippen LogP contribution in [0.15, 0.2) is 48.5 Å². The van der Waals surface area contributed by atoms with Crippen LogP contribution in [0.25, 0.3) is 11.8 Å². The zero-order valence-corrected chi connectivity index (χ0v) is 33.0. The van der Waals surface area contributed by atoms with E-state index in [-0.39, 0.29) is 12.8 Å². The van der Waals surface area contributed by atoms with E-state index in [0.29, 0.717) is 75.5 Å². The van der Waals surface area contributed by atoms with Crippen molar-refractivity contribution in [2.75, 3.05) is 55.9 Å². The summed E-state index contributed by atoms with van der Waals surface area (Å²) in [5.41, 5.74) is 8.21. The van der Waals surface area contributed by atoms with Crippen molar-refractivity contribution >= 4 is 23.8 Å². The number of rotatable bonds is 10. The first-order valence-corrected chi connectivity index (χ1v) is 19.2. The number of benzene rings is 4. The molecule has 300 valence electrons. The smallest absolute Gasteiger partial charge is 0.348 e. The highest BCUT2D eigenvalue weighted by Crippen LogP contribution is 2.63. The monoisotopic (exact) mass is 790 g/mol. The molecule has 0 radical (unpaired) electrons. The van der Waals surface area contributed by atoms with Crippen molar-refractivity contribution in [3.8, 4) is 34.5 Å². The van der Waals surface area contributed by atoms with Gasteiger partial charge in [-0.05, 0) is 102 Å².